The van der Waals surface area contributed by atoms with Crippen LogP contribution in [0.1, 0.15) is 54.9 Å². The van der Waals surface area contributed by atoms with Gasteiger partial charge in [0.1, 0.15) is 5.82 Å². The highest BCUT2D eigenvalue weighted by Crippen LogP contribution is 2.34. The van der Waals surface area contributed by atoms with E-state index in [-0.39, 0.29) is 5.82 Å². The summed E-state index contributed by atoms with van der Waals surface area (Å²) in [6.07, 6.45) is 6.96. The van der Waals surface area contributed by atoms with Crippen molar-refractivity contribution in [2.45, 2.75) is 52.4 Å². The summed E-state index contributed by atoms with van der Waals surface area (Å²) in [7, 11) is 0. The van der Waals surface area contributed by atoms with E-state index >= 15 is 0 Å². The van der Waals surface area contributed by atoms with Crippen molar-refractivity contribution in [2.75, 3.05) is 0 Å². The summed E-state index contributed by atoms with van der Waals surface area (Å²) in [6, 6.07) is 16.4. The Morgan fingerprint density at radius 2 is 1.56 bits per heavy atom. The Kier molecular flexibility index (Phi) is 6.83. The predicted octanol–water partition coefficient (Wildman–Crippen LogP) is 8.46. The molecule has 0 nitrogen and oxygen atoms in total. The average molecular weight is 435 g/mol. The van der Waals surface area contributed by atoms with Crippen LogP contribution in [0, 0.1) is 30.3 Å². The highest BCUT2D eigenvalue weighted by Gasteiger charge is 2.19. The molecule has 0 aliphatic heterocycles. The molecule has 3 aromatic rings. The van der Waals surface area contributed by atoms with E-state index in [2.05, 4.69) is 6.08 Å². The molecular weight excluding hydrogens is 405 g/mol. The van der Waals surface area contributed by atoms with Gasteiger partial charge < -0.3 is 0 Å². The van der Waals surface area contributed by atoms with Crippen molar-refractivity contribution >= 4 is 5.57 Å². The summed E-state index contributed by atoms with van der Waals surface area (Å²) in [5.41, 5.74) is 5.39. The maximum Gasteiger partial charge on any atom is 0.166 e. The van der Waals surface area contributed by atoms with E-state index in [4.69, 9.17) is 0 Å². The van der Waals surface area contributed by atoms with Gasteiger partial charge in [0.05, 0.1) is 0 Å². The van der Waals surface area contributed by atoms with Crippen LogP contribution >= 0.6 is 0 Å². The van der Waals surface area contributed by atoms with E-state index in [1.165, 1.54) is 5.57 Å². The van der Waals surface area contributed by atoms with E-state index in [0.717, 1.165) is 42.4 Å². The number of hydrogen-bond donors (Lipinski definition) is 0. The van der Waals surface area contributed by atoms with Crippen molar-refractivity contribution in [3.05, 3.63) is 100 Å². The van der Waals surface area contributed by atoms with Gasteiger partial charge in [0, 0.05) is 5.56 Å². The number of benzene rings is 3. The molecule has 4 rings (SSSR count). The molecule has 32 heavy (non-hydrogen) atoms. The van der Waals surface area contributed by atoms with E-state index in [9.17, 15) is 13.2 Å². The second-order valence-electron chi connectivity index (χ2n) is 8.83. The first-order chi connectivity index (χ1) is 15.5. The smallest absolute Gasteiger partial charge is 0.166 e. The van der Waals surface area contributed by atoms with Crippen LogP contribution in [-0.4, -0.2) is 0 Å². The van der Waals surface area contributed by atoms with E-state index in [1.54, 1.807) is 18.2 Å². The lowest BCUT2D eigenvalue weighted by Gasteiger charge is -2.22. The average Bonchev–Trinajstić information content (AvgIpc) is 2.81. The Morgan fingerprint density at radius 3 is 2.22 bits per heavy atom. The topological polar surface area (TPSA) is 0 Å². The van der Waals surface area contributed by atoms with Gasteiger partial charge in [0.15, 0.2) is 11.6 Å². The molecule has 0 radical (unpaired) electrons. The first-order valence-electron chi connectivity index (χ1n) is 11.5. The molecule has 3 heteroatoms. The van der Waals surface area contributed by atoms with Crippen LogP contribution in [0.2, 0.25) is 0 Å². The number of halogens is 3. The minimum absolute atomic E-state index is 0.139. The molecule has 0 saturated heterocycles. The first kappa shape index (κ1) is 22.4. The van der Waals surface area contributed by atoms with Crippen LogP contribution in [0.4, 0.5) is 13.2 Å². The molecule has 1 atom stereocenters. The van der Waals surface area contributed by atoms with Gasteiger partial charge in [-0.3, -0.25) is 0 Å². The SMILES string of the molecule is CCc1ccc(C2=CCC(CCc3ccc(-c4ccc(C)cc4)c(F)c3F)CC2)cc1F. The Morgan fingerprint density at radius 1 is 0.844 bits per heavy atom. The molecule has 166 valence electrons. The van der Waals surface area contributed by atoms with Crippen LogP contribution in [0.5, 0.6) is 0 Å². The summed E-state index contributed by atoms with van der Waals surface area (Å²) in [6.45, 7) is 3.92. The quantitative estimate of drug-likeness (QED) is 0.365. The fourth-order valence-corrected chi connectivity index (χ4v) is 4.54. The van der Waals surface area contributed by atoms with Gasteiger partial charge in [0.25, 0.3) is 0 Å². The third kappa shape index (κ3) is 4.82. The summed E-state index contributed by atoms with van der Waals surface area (Å²) >= 11 is 0. The van der Waals surface area contributed by atoms with E-state index in [1.807, 2.05) is 50.2 Å². The fraction of sp³-hybridized carbons (Fsp3) is 0.310. The van der Waals surface area contributed by atoms with Crippen molar-refractivity contribution in [1.29, 1.82) is 0 Å². The fourth-order valence-electron chi connectivity index (χ4n) is 4.54. The number of rotatable bonds is 6. The molecule has 1 aliphatic carbocycles. The minimum atomic E-state index is -0.769. The second-order valence-corrected chi connectivity index (χ2v) is 8.83. The highest BCUT2D eigenvalue weighted by atomic mass is 19.2. The van der Waals surface area contributed by atoms with Crippen LogP contribution in [0.3, 0.4) is 0 Å². The van der Waals surface area contributed by atoms with Crippen molar-refractivity contribution < 1.29 is 13.2 Å². The van der Waals surface area contributed by atoms with Crippen molar-refractivity contribution in [1.82, 2.24) is 0 Å². The zero-order valence-corrected chi connectivity index (χ0v) is 18.7. The molecular formula is C29H29F3. The van der Waals surface area contributed by atoms with E-state index < -0.39 is 11.6 Å². The molecule has 0 heterocycles. The predicted molar refractivity (Wildman–Crippen MR) is 126 cm³/mol. The van der Waals surface area contributed by atoms with Gasteiger partial charge >= 0.3 is 0 Å². The lowest BCUT2D eigenvalue weighted by molar-refractivity contribution is 0.440. The Bertz CT molecular complexity index is 1130. The summed E-state index contributed by atoms with van der Waals surface area (Å²) in [5, 5.41) is 0. The summed E-state index contributed by atoms with van der Waals surface area (Å²) in [5.74, 6) is -1.21. The normalized spacial score (nSPS) is 16.2. The summed E-state index contributed by atoms with van der Waals surface area (Å²) < 4.78 is 43.6. The number of aryl methyl sites for hydroxylation is 3. The van der Waals surface area contributed by atoms with Gasteiger partial charge in [0.2, 0.25) is 0 Å². The Hall–Kier alpha value is -2.81. The molecule has 0 N–H and O–H groups in total. The second kappa shape index (κ2) is 9.77. The molecule has 0 amide bonds. The van der Waals surface area contributed by atoms with Gasteiger partial charge in [-0.25, -0.2) is 13.2 Å². The maximum atomic E-state index is 14.7. The van der Waals surface area contributed by atoms with Crippen LogP contribution in [0.15, 0.2) is 60.7 Å². The van der Waals surface area contributed by atoms with Crippen LogP contribution in [0.25, 0.3) is 16.7 Å². The Labute approximate surface area is 188 Å². The maximum absolute atomic E-state index is 14.7. The Balaban J connectivity index is 1.40. The summed E-state index contributed by atoms with van der Waals surface area (Å²) in [4.78, 5) is 0. The third-order valence-electron chi connectivity index (χ3n) is 6.67. The number of hydrogen-bond acceptors (Lipinski definition) is 0. The molecule has 3 aromatic carbocycles. The molecule has 0 fully saturated rings. The van der Waals surface area contributed by atoms with Crippen molar-refractivity contribution in [3.63, 3.8) is 0 Å². The lowest BCUT2D eigenvalue weighted by Crippen LogP contribution is -2.08. The molecule has 1 unspecified atom stereocenters. The van der Waals surface area contributed by atoms with Gasteiger partial charge in [-0.2, -0.15) is 0 Å². The molecule has 0 bridgehead atoms. The van der Waals surface area contributed by atoms with E-state index in [0.29, 0.717) is 35.4 Å². The zero-order chi connectivity index (χ0) is 22.7. The van der Waals surface area contributed by atoms with Crippen LogP contribution < -0.4 is 0 Å². The van der Waals surface area contributed by atoms with Crippen molar-refractivity contribution in [2.24, 2.45) is 5.92 Å². The molecule has 1 aliphatic rings. The van der Waals surface area contributed by atoms with Gasteiger partial charge in [-0.15, -0.1) is 0 Å². The standard InChI is InChI=1S/C29H29F3/c1-3-21-14-15-25(18-27(21)30)22-11-6-20(7-12-22)8-13-24-16-17-26(29(32)28(24)31)23-9-4-19(2)5-10-23/h4-5,9-11,14-18,20H,3,6-8,12-13H2,1-2H3. The molecule has 0 saturated carbocycles. The zero-order valence-electron chi connectivity index (χ0n) is 18.7. The van der Waals surface area contributed by atoms with Crippen LogP contribution in [-0.2, 0) is 12.8 Å². The first-order valence-corrected chi connectivity index (χ1v) is 11.5. The lowest BCUT2D eigenvalue weighted by atomic mass is 9.83. The minimum Gasteiger partial charge on any atom is -0.207 e. The largest absolute Gasteiger partial charge is 0.207 e. The van der Waals surface area contributed by atoms with Gasteiger partial charge in [-0.05, 0) is 85.3 Å². The molecule has 0 spiro atoms. The molecule has 0 aromatic heterocycles. The highest BCUT2D eigenvalue weighted by molar-refractivity contribution is 5.67. The monoisotopic (exact) mass is 434 g/mol. The third-order valence-corrected chi connectivity index (χ3v) is 6.67. The van der Waals surface area contributed by atoms with Gasteiger partial charge in [-0.1, -0.05) is 67.1 Å². The van der Waals surface area contributed by atoms with Crippen molar-refractivity contribution in [3.8, 4) is 11.1 Å². The number of allylic oxidation sites excluding steroid dienone is 2.